The molecule has 1 amide bonds. The fraction of sp³-hybridized carbons (Fsp3) is 0.571. The zero-order chi connectivity index (χ0) is 32.9. The van der Waals surface area contributed by atoms with E-state index in [1.165, 1.54) is 0 Å². The molecule has 3 atom stereocenters. The molecular weight excluding hydrogens is 575 g/mol. The maximum Gasteiger partial charge on any atom is 0.268 e. The molecule has 0 aromatic heterocycles. The molecule has 0 spiro atoms. The van der Waals surface area contributed by atoms with E-state index in [0.717, 1.165) is 44.9 Å². The lowest BCUT2D eigenvalue weighted by Gasteiger charge is -2.29. The molecule has 0 aliphatic carbocycles. The molecule has 9 heteroatoms. The Hall–Kier alpha value is -2.32. The summed E-state index contributed by atoms with van der Waals surface area (Å²) in [5.74, 6) is -0.346. The zero-order valence-corrected chi connectivity index (χ0v) is 28.7. The van der Waals surface area contributed by atoms with E-state index in [2.05, 4.69) is 73.8 Å². The Morgan fingerprint density at radius 1 is 0.795 bits per heavy atom. The second-order valence-corrected chi connectivity index (χ2v) is 12.8. The fourth-order valence-corrected chi connectivity index (χ4v) is 4.26. The first-order valence-corrected chi connectivity index (χ1v) is 17.4. The van der Waals surface area contributed by atoms with E-state index >= 15 is 0 Å². The average Bonchev–Trinajstić information content (AvgIpc) is 2.95. The van der Waals surface area contributed by atoms with Crippen LogP contribution >= 0.6 is 7.82 Å². The minimum Gasteiger partial charge on any atom is -0.756 e. The lowest BCUT2D eigenvalue weighted by atomic mass is 10.1. The normalized spacial score (nSPS) is 16.1. The Bertz CT molecular complexity index is 992. The molecule has 0 aliphatic heterocycles. The first kappa shape index (κ1) is 41.7. The zero-order valence-electron chi connectivity index (χ0n) is 27.8. The number of nitrogens with one attached hydrogen (secondary N) is 1. The standard InChI is InChI=1S/C35H59N2O6P/c1-6-8-10-12-14-15-16-17-18-19-20-21-23-25-27-29-35(39)36-33(34(38)28-26-24-22-13-11-9-7-2)32-43-44(40,41)42-31-30-37(3,4)5/h8,10-11,13-15,17-18,20-21,25-28,33-34,38H,6-7,9,12,16,19,22-24,29-32H2,1-5H3,(H-,36,39,40,41)/b10-8-,13-11+,15-14-,18-17-,21-20-,27-25-,28-26+. The number of carbonyl (C=O) groups is 1. The van der Waals surface area contributed by atoms with Gasteiger partial charge in [-0.05, 0) is 51.4 Å². The summed E-state index contributed by atoms with van der Waals surface area (Å²) in [6, 6.07) is -0.957. The molecule has 0 fully saturated rings. The van der Waals surface area contributed by atoms with Gasteiger partial charge in [-0.25, -0.2) is 0 Å². The van der Waals surface area contributed by atoms with Crippen LogP contribution in [0.25, 0.3) is 0 Å². The number of aliphatic hydroxyl groups is 1. The number of amides is 1. The van der Waals surface area contributed by atoms with Gasteiger partial charge < -0.3 is 28.8 Å². The molecule has 0 bridgehead atoms. The van der Waals surface area contributed by atoms with Crippen LogP contribution in [0, 0.1) is 0 Å². The van der Waals surface area contributed by atoms with Gasteiger partial charge in [0.15, 0.2) is 0 Å². The van der Waals surface area contributed by atoms with Gasteiger partial charge in [-0.3, -0.25) is 9.36 Å². The SMILES string of the molecule is CC/C=C\C/C=C\C/C=C\C/C=C\C/C=C\CC(=O)NC(COP(=O)([O-])OCC[N+](C)(C)C)C(O)/C=C/CC/C=C/CCC. The van der Waals surface area contributed by atoms with E-state index < -0.39 is 26.6 Å². The number of nitrogens with zero attached hydrogens (tertiary/aromatic N) is 1. The van der Waals surface area contributed by atoms with Gasteiger partial charge in [0.05, 0.1) is 39.9 Å². The van der Waals surface area contributed by atoms with Gasteiger partial charge in [0.2, 0.25) is 5.91 Å². The van der Waals surface area contributed by atoms with Crippen molar-refractivity contribution < 1.29 is 32.9 Å². The summed E-state index contributed by atoms with van der Waals surface area (Å²) in [4.78, 5) is 24.9. The maximum absolute atomic E-state index is 12.6. The molecule has 250 valence electrons. The summed E-state index contributed by atoms with van der Waals surface area (Å²) < 4.78 is 22.8. The highest BCUT2D eigenvalue weighted by molar-refractivity contribution is 7.45. The highest BCUT2D eigenvalue weighted by Crippen LogP contribution is 2.38. The fourth-order valence-electron chi connectivity index (χ4n) is 3.53. The Kier molecular flexibility index (Phi) is 25.6. The van der Waals surface area contributed by atoms with Gasteiger partial charge in [0.1, 0.15) is 13.2 Å². The van der Waals surface area contributed by atoms with Gasteiger partial charge in [0.25, 0.3) is 7.82 Å². The van der Waals surface area contributed by atoms with Crippen molar-refractivity contribution in [1.29, 1.82) is 0 Å². The third-order valence-corrected chi connectivity index (χ3v) is 7.06. The van der Waals surface area contributed by atoms with Crippen LogP contribution in [0.1, 0.15) is 78.1 Å². The molecule has 8 nitrogen and oxygen atoms in total. The van der Waals surface area contributed by atoms with Gasteiger partial charge >= 0.3 is 0 Å². The van der Waals surface area contributed by atoms with Crippen LogP contribution in [0.4, 0.5) is 0 Å². The van der Waals surface area contributed by atoms with Crippen molar-refractivity contribution in [2.45, 2.75) is 90.2 Å². The Balaban J connectivity index is 4.78. The van der Waals surface area contributed by atoms with E-state index in [1.54, 1.807) is 12.2 Å². The van der Waals surface area contributed by atoms with Crippen molar-refractivity contribution in [3.05, 3.63) is 85.1 Å². The van der Waals surface area contributed by atoms with Crippen molar-refractivity contribution in [3.8, 4) is 0 Å². The molecule has 0 saturated carbocycles. The molecule has 0 radical (unpaired) electrons. The predicted octanol–water partition coefficient (Wildman–Crippen LogP) is 6.87. The molecule has 0 aliphatic rings. The van der Waals surface area contributed by atoms with Crippen molar-refractivity contribution >= 4 is 13.7 Å². The van der Waals surface area contributed by atoms with Crippen LogP contribution in [0.2, 0.25) is 0 Å². The van der Waals surface area contributed by atoms with Crippen LogP contribution in [0.5, 0.6) is 0 Å². The van der Waals surface area contributed by atoms with Crippen LogP contribution < -0.4 is 10.2 Å². The van der Waals surface area contributed by atoms with E-state index in [1.807, 2.05) is 39.4 Å². The monoisotopic (exact) mass is 634 g/mol. The predicted molar refractivity (Wildman–Crippen MR) is 182 cm³/mol. The number of aliphatic hydroxyl groups excluding tert-OH is 1. The Labute approximate surface area is 267 Å². The topological polar surface area (TPSA) is 108 Å². The number of rotatable bonds is 26. The smallest absolute Gasteiger partial charge is 0.268 e. The van der Waals surface area contributed by atoms with E-state index in [4.69, 9.17) is 9.05 Å². The van der Waals surface area contributed by atoms with E-state index in [9.17, 15) is 19.4 Å². The molecule has 0 aromatic rings. The first-order valence-electron chi connectivity index (χ1n) is 15.9. The van der Waals surface area contributed by atoms with Crippen molar-refractivity contribution in [1.82, 2.24) is 5.32 Å². The summed E-state index contributed by atoms with van der Waals surface area (Å²) in [5, 5.41) is 13.4. The minimum absolute atomic E-state index is 0.0284. The number of quaternary nitrogens is 1. The third kappa shape index (κ3) is 28.5. The minimum atomic E-state index is -4.60. The largest absolute Gasteiger partial charge is 0.756 e. The van der Waals surface area contributed by atoms with Crippen molar-refractivity contribution in [3.63, 3.8) is 0 Å². The van der Waals surface area contributed by atoms with Gasteiger partial charge in [-0.1, -0.05) is 105 Å². The molecule has 3 unspecified atom stereocenters. The van der Waals surface area contributed by atoms with Crippen LogP contribution in [0.3, 0.4) is 0 Å². The number of phosphoric ester groups is 1. The second kappa shape index (κ2) is 27.0. The number of hydrogen-bond acceptors (Lipinski definition) is 6. The van der Waals surface area contributed by atoms with E-state index in [0.29, 0.717) is 23.9 Å². The Morgan fingerprint density at radius 2 is 1.32 bits per heavy atom. The summed E-state index contributed by atoms with van der Waals surface area (Å²) in [7, 11) is 1.16. The first-order chi connectivity index (χ1) is 21.0. The number of phosphoric acid groups is 1. The van der Waals surface area contributed by atoms with Gasteiger partial charge in [0, 0.05) is 6.42 Å². The number of carbonyl (C=O) groups excluding carboxylic acids is 1. The molecule has 0 rings (SSSR count). The average molecular weight is 635 g/mol. The molecule has 44 heavy (non-hydrogen) atoms. The molecule has 0 heterocycles. The summed E-state index contributed by atoms with van der Waals surface area (Å²) in [6.07, 6.45) is 35.4. The van der Waals surface area contributed by atoms with Crippen molar-refractivity contribution in [2.75, 3.05) is 40.9 Å². The highest BCUT2D eigenvalue weighted by atomic mass is 31.2. The van der Waals surface area contributed by atoms with Gasteiger partial charge in [-0.2, -0.15) is 0 Å². The quantitative estimate of drug-likeness (QED) is 0.0465. The highest BCUT2D eigenvalue weighted by Gasteiger charge is 2.22. The van der Waals surface area contributed by atoms with Crippen LogP contribution in [0.15, 0.2) is 85.1 Å². The lowest BCUT2D eigenvalue weighted by molar-refractivity contribution is -0.870. The van der Waals surface area contributed by atoms with Crippen molar-refractivity contribution in [2.24, 2.45) is 0 Å². The summed E-state index contributed by atoms with van der Waals surface area (Å²) in [6.45, 7) is 4.25. The van der Waals surface area contributed by atoms with Gasteiger partial charge in [-0.15, -0.1) is 0 Å². The van der Waals surface area contributed by atoms with Crippen LogP contribution in [-0.4, -0.2) is 68.5 Å². The van der Waals surface area contributed by atoms with Crippen LogP contribution in [-0.2, 0) is 18.4 Å². The number of hydrogen-bond donors (Lipinski definition) is 2. The molecule has 2 N–H and O–H groups in total. The number of allylic oxidation sites excluding steroid dienone is 12. The number of likely N-dealkylation sites (N-methyl/N-ethyl adjacent to an activating group) is 1. The third-order valence-electron chi connectivity index (χ3n) is 6.10. The lowest BCUT2D eigenvalue weighted by Crippen LogP contribution is -2.45. The molecule has 0 saturated heterocycles. The summed E-state index contributed by atoms with van der Waals surface area (Å²) >= 11 is 0. The molecule has 0 aromatic carbocycles. The maximum atomic E-state index is 12.6. The molecular formula is C35H59N2O6P. The number of unbranched alkanes of at least 4 members (excludes halogenated alkanes) is 2. The second-order valence-electron chi connectivity index (χ2n) is 11.4. The Morgan fingerprint density at radius 3 is 1.86 bits per heavy atom. The summed E-state index contributed by atoms with van der Waals surface area (Å²) in [5.41, 5.74) is 0. The van der Waals surface area contributed by atoms with E-state index in [-0.39, 0.29) is 18.9 Å².